The Hall–Kier alpha value is -3.68. The summed E-state index contributed by atoms with van der Waals surface area (Å²) in [5.41, 5.74) is 1.08. The van der Waals surface area contributed by atoms with Gasteiger partial charge in [0.2, 0.25) is 5.88 Å². The fourth-order valence-corrected chi connectivity index (χ4v) is 3.74. The highest BCUT2D eigenvalue weighted by Crippen LogP contribution is 2.27. The van der Waals surface area contributed by atoms with Gasteiger partial charge in [0.15, 0.2) is 0 Å². The average molecular weight is 499 g/mol. The third-order valence-electron chi connectivity index (χ3n) is 5.85. The zero-order chi connectivity index (χ0) is 26.2. The van der Waals surface area contributed by atoms with Crippen LogP contribution in [0.15, 0.2) is 36.5 Å². The summed E-state index contributed by atoms with van der Waals surface area (Å²) < 4.78 is 24.6. The molecule has 192 valence electrons. The number of fused-ring (bicyclic) bond motifs is 1. The van der Waals surface area contributed by atoms with Crippen molar-refractivity contribution in [1.29, 1.82) is 0 Å². The summed E-state index contributed by atoms with van der Waals surface area (Å²) in [6.45, 7) is 4.16. The molecule has 3 amide bonds. The second-order valence-electron chi connectivity index (χ2n) is 8.76. The Morgan fingerprint density at radius 3 is 2.92 bits per heavy atom. The molecule has 2 heterocycles. The van der Waals surface area contributed by atoms with Crippen molar-refractivity contribution in [2.45, 2.75) is 26.0 Å². The molecular formula is C26H31FN4O5. The minimum atomic E-state index is -0.522. The van der Waals surface area contributed by atoms with Crippen molar-refractivity contribution in [3.8, 4) is 17.7 Å². The molecule has 0 unspecified atom stereocenters. The number of aliphatic hydroxyl groups is 1. The van der Waals surface area contributed by atoms with Gasteiger partial charge < -0.3 is 29.7 Å². The fourth-order valence-electron chi connectivity index (χ4n) is 3.74. The van der Waals surface area contributed by atoms with Crippen molar-refractivity contribution in [3.63, 3.8) is 0 Å². The molecule has 2 N–H and O–H groups in total. The molecule has 3 atom stereocenters. The Morgan fingerprint density at radius 2 is 2.22 bits per heavy atom. The lowest BCUT2D eigenvalue weighted by molar-refractivity contribution is 0.0356. The molecule has 3 rings (SSSR count). The van der Waals surface area contributed by atoms with Crippen LogP contribution in [0.5, 0.6) is 5.88 Å². The monoisotopic (exact) mass is 498 g/mol. The van der Waals surface area contributed by atoms with Gasteiger partial charge in [-0.25, -0.2) is 14.2 Å². The Morgan fingerprint density at radius 1 is 1.44 bits per heavy atom. The van der Waals surface area contributed by atoms with E-state index < -0.39 is 24.0 Å². The normalized spacial score (nSPS) is 18.1. The second kappa shape index (κ2) is 12.3. The average Bonchev–Trinajstić information content (AvgIpc) is 2.86. The van der Waals surface area contributed by atoms with E-state index in [0.29, 0.717) is 17.8 Å². The molecule has 1 aliphatic heterocycles. The Bertz CT molecular complexity index is 1150. The largest absolute Gasteiger partial charge is 0.472 e. The van der Waals surface area contributed by atoms with Crippen molar-refractivity contribution in [2.75, 3.05) is 45.8 Å². The van der Waals surface area contributed by atoms with E-state index in [1.54, 1.807) is 31.0 Å². The molecule has 2 aromatic rings. The first-order valence-corrected chi connectivity index (χ1v) is 11.6. The van der Waals surface area contributed by atoms with Crippen LogP contribution in [0.1, 0.15) is 29.8 Å². The first-order valence-electron chi connectivity index (χ1n) is 11.6. The molecule has 0 aliphatic carbocycles. The van der Waals surface area contributed by atoms with Crippen LogP contribution in [0.4, 0.5) is 14.9 Å². The second-order valence-corrected chi connectivity index (χ2v) is 8.76. The number of urea groups is 1. The molecule has 0 fully saturated rings. The van der Waals surface area contributed by atoms with Crippen LogP contribution in [0.3, 0.4) is 0 Å². The van der Waals surface area contributed by atoms with Gasteiger partial charge in [-0.1, -0.05) is 24.8 Å². The van der Waals surface area contributed by atoms with E-state index in [4.69, 9.17) is 9.47 Å². The number of carbonyl (C=O) groups is 2. The predicted octanol–water partition coefficient (Wildman–Crippen LogP) is 2.60. The fraction of sp³-hybridized carbons (Fsp3) is 0.423. The van der Waals surface area contributed by atoms with E-state index in [-0.39, 0.29) is 43.0 Å². The van der Waals surface area contributed by atoms with Gasteiger partial charge in [0.1, 0.15) is 24.1 Å². The van der Waals surface area contributed by atoms with Crippen LogP contribution in [0, 0.1) is 23.6 Å². The number of methoxy groups -OCH3 is 1. The quantitative estimate of drug-likeness (QED) is 0.594. The van der Waals surface area contributed by atoms with E-state index in [1.807, 2.05) is 6.92 Å². The van der Waals surface area contributed by atoms with Crippen molar-refractivity contribution in [3.05, 3.63) is 53.5 Å². The minimum Gasteiger partial charge on any atom is -0.472 e. The number of carbonyl (C=O) groups excluding carboxylic acids is 2. The van der Waals surface area contributed by atoms with Crippen LogP contribution in [-0.2, 0) is 4.74 Å². The molecule has 0 bridgehead atoms. The molecule has 9 nitrogen and oxygen atoms in total. The van der Waals surface area contributed by atoms with Gasteiger partial charge in [0.05, 0.1) is 19.2 Å². The number of pyridine rings is 1. The number of nitrogens with one attached hydrogen (secondary N) is 1. The predicted molar refractivity (Wildman–Crippen MR) is 132 cm³/mol. The Balaban J connectivity index is 1.87. The number of ether oxygens (including phenoxy) is 2. The number of nitrogens with zero attached hydrogens (tertiary/aromatic N) is 3. The molecular weight excluding hydrogens is 467 g/mol. The first-order chi connectivity index (χ1) is 17.2. The van der Waals surface area contributed by atoms with Gasteiger partial charge in [0, 0.05) is 44.1 Å². The number of aromatic nitrogens is 1. The van der Waals surface area contributed by atoms with Gasteiger partial charge in [-0.3, -0.25) is 4.79 Å². The zero-order valence-electron chi connectivity index (χ0n) is 20.8. The van der Waals surface area contributed by atoms with Crippen LogP contribution in [0.2, 0.25) is 0 Å². The third kappa shape index (κ3) is 6.71. The highest BCUT2D eigenvalue weighted by atomic mass is 19.1. The highest BCUT2D eigenvalue weighted by Gasteiger charge is 2.34. The smallest absolute Gasteiger partial charge is 0.321 e. The number of likely N-dealkylation sites (N-methyl/N-ethyl adjacent to an activating group) is 1. The summed E-state index contributed by atoms with van der Waals surface area (Å²) in [4.78, 5) is 33.5. The van der Waals surface area contributed by atoms with E-state index in [0.717, 1.165) is 0 Å². The van der Waals surface area contributed by atoms with Gasteiger partial charge >= 0.3 is 6.03 Å². The maximum Gasteiger partial charge on any atom is 0.321 e. The summed E-state index contributed by atoms with van der Waals surface area (Å²) in [6.07, 6.45) is 0.990. The van der Waals surface area contributed by atoms with Crippen molar-refractivity contribution < 1.29 is 28.6 Å². The van der Waals surface area contributed by atoms with Gasteiger partial charge in [0.25, 0.3) is 5.91 Å². The number of aliphatic hydroxyl groups excluding tert-OH is 1. The van der Waals surface area contributed by atoms with Gasteiger partial charge in [-0.2, -0.15) is 0 Å². The lowest BCUT2D eigenvalue weighted by Crippen LogP contribution is -2.50. The molecule has 1 aliphatic rings. The number of amides is 3. The van der Waals surface area contributed by atoms with Crippen LogP contribution in [0.25, 0.3) is 0 Å². The number of hydrogen-bond donors (Lipinski definition) is 2. The number of rotatable bonds is 6. The maximum atomic E-state index is 13.5. The molecule has 0 saturated heterocycles. The SMILES string of the molecule is COCC#Cc1cnc2c(c1)C(=O)N([C@H](C)CO)C[C@H](C)[C@@H](CN(C)C(=O)Nc1cccc(F)c1)O2. The van der Waals surface area contributed by atoms with Crippen molar-refractivity contribution in [2.24, 2.45) is 5.92 Å². The Labute approximate surface area is 210 Å². The first kappa shape index (κ1) is 26.9. The van der Waals surface area contributed by atoms with E-state index in [1.165, 1.54) is 36.4 Å². The van der Waals surface area contributed by atoms with Gasteiger partial charge in [-0.05, 0) is 31.2 Å². The molecule has 0 spiro atoms. The summed E-state index contributed by atoms with van der Waals surface area (Å²) in [6, 6.07) is 6.36. The number of benzene rings is 1. The molecule has 0 radical (unpaired) electrons. The topological polar surface area (TPSA) is 104 Å². The minimum absolute atomic E-state index is 0.128. The summed E-state index contributed by atoms with van der Waals surface area (Å²) in [5.74, 6) is 4.88. The highest BCUT2D eigenvalue weighted by molar-refractivity contribution is 5.97. The van der Waals surface area contributed by atoms with Crippen LogP contribution >= 0.6 is 0 Å². The number of halogens is 1. The molecule has 1 aromatic heterocycles. The summed E-state index contributed by atoms with van der Waals surface area (Å²) in [7, 11) is 3.14. The maximum absolute atomic E-state index is 13.5. The van der Waals surface area contributed by atoms with E-state index in [9.17, 15) is 19.1 Å². The molecule has 36 heavy (non-hydrogen) atoms. The summed E-state index contributed by atoms with van der Waals surface area (Å²) in [5, 5.41) is 12.4. The lowest BCUT2D eigenvalue weighted by Gasteiger charge is -2.37. The Kier molecular flexibility index (Phi) is 9.22. The third-order valence-corrected chi connectivity index (χ3v) is 5.85. The summed E-state index contributed by atoms with van der Waals surface area (Å²) >= 11 is 0. The van der Waals surface area contributed by atoms with Gasteiger partial charge in [-0.15, -0.1) is 0 Å². The lowest BCUT2D eigenvalue weighted by atomic mass is 10.00. The van der Waals surface area contributed by atoms with Crippen LogP contribution < -0.4 is 10.1 Å². The zero-order valence-corrected chi connectivity index (χ0v) is 20.8. The van der Waals surface area contributed by atoms with Crippen molar-refractivity contribution >= 4 is 17.6 Å². The number of hydrogen-bond acceptors (Lipinski definition) is 6. The van der Waals surface area contributed by atoms with E-state index >= 15 is 0 Å². The van der Waals surface area contributed by atoms with E-state index in [2.05, 4.69) is 22.1 Å². The van der Waals surface area contributed by atoms with Crippen molar-refractivity contribution in [1.82, 2.24) is 14.8 Å². The number of anilines is 1. The molecule has 10 heteroatoms. The van der Waals surface area contributed by atoms with Crippen LogP contribution in [-0.4, -0.2) is 84.4 Å². The standard InChI is InChI=1S/C26H31FN4O5/c1-17-14-31(18(2)16-32)25(33)22-11-19(7-6-10-35-4)13-28-24(22)36-23(17)15-30(3)26(34)29-21-9-5-8-20(27)12-21/h5,8-9,11-13,17-18,23,32H,10,14-16H2,1-4H3,(H,29,34)/t17-,18+,23+/m0/s1. The molecule has 1 aromatic carbocycles. The molecule has 0 saturated carbocycles.